The fourth-order valence-corrected chi connectivity index (χ4v) is 3.04. The van der Waals surface area contributed by atoms with Crippen molar-refractivity contribution < 1.29 is 10.2 Å². The predicted octanol–water partition coefficient (Wildman–Crippen LogP) is 3.64. The number of benzene rings is 3. The summed E-state index contributed by atoms with van der Waals surface area (Å²) in [4.78, 5) is 10.9. The summed E-state index contributed by atoms with van der Waals surface area (Å²) in [5.41, 5.74) is 3.42. The van der Waals surface area contributed by atoms with Crippen LogP contribution in [0.2, 0.25) is 0 Å². The Hall–Kier alpha value is -2.98. The zero-order valence-electron chi connectivity index (χ0n) is 13.9. The monoisotopic (exact) mass is 333 g/mol. The molecule has 4 nitrogen and oxygen atoms in total. The van der Waals surface area contributed by atoms with E-state index in [9.17, 15) is 10.1 Å². The first kappa shape index (κ1) is 16.9. The Morgan fingerprint density at radius 3 is 2.12 bits per heavy atom. The average molecular weight is 333 g/mol. The average Bonchev–Trinajstić information content (AvgIpc) is 2.67. The van der Waals surface area contributed by atoms with Gasteiger partial charge in [0.05, 0.1) is 10.5 Å². The van der Waals surface area contributed by atoms with Gasteiger partial charge >= 0.3 is 0 Å². The first-order valence-electron chi connectivity index (χ1n) is 8.38. The van der Waals surface area contributed by atoms with Crippen LogP contribution in [-0.2, 0) is 13.0 Å². The molecule has 0 saturated heterocycles. The van der Waals surface area contributed by atoms with Crippen LogP contribution in [0.3, 0.4) is 0 Å². The van der Waals surface area contributed by atoms with Crippen molar-refractivity contribution in [3.63, 3.8) is 0 Å². The van der Waals surface area contributed by atoms with Gasteiger partial charge in [0.1, 0.15) is 12.6 Å². The number of nitro benzene ring substituents is 1. The highest BCUT2D eigenvalue weighted by atomic mass is 16.6. The zero-order valence-corrected chi connectivity index (χ0v) is 13.9. The van der Waals surface area contributed by atoms with E-state index < -0.39 is 0 Å². The minimum Gasteiger partial charge on any atom is -0.336 e. The van der Waals surface area contributed by atoms with E-state index in [1.54, 1.807) is 12.1 Å². The summed E-state index contributed by atoms with van der Waals surface area (Å²) in [6.45, 7) is 0.573. The predicted molar refractivity (Wildman–Crippen MR) is 98.1 cm³/mol. The summed E-state index contributed by atoms with van der Waals surface area (Å²) in [6.07, 6.45) is 0.880. The number of quaternary nitrogens is 1. The van der Waals surface area contributed by atoms with Crippen molar-refractivity contribution in [3.05, 3.63) is 112 Å². The third kappa shape index (κ3) is 4.52. The second-order valence-corrected chi connectivity index (χ2v) is 6.03. The van der Waals surface area contributed by atoms with Gasteiger partial charge in [-0.3, -0.25) is 10.1 Å². The fraction of sp³-hybridized carbons (Fsp3) is 0.143. The molecule has 4 heteroatoms. The molecule has 3 aromatic rings. The second kappa shape index (κ2) is 8.22. The lowest BCUT2D eigenvalue weighted by molar-refractivity contribution is -0.711. The van der Waals surface area contributed by atoms with Crippen LogP contribution in [0.1, 0.15) is 22.7 Å². The van der Waals surface area contributed by atoms with Gasteiger partial charge in [-0.05, 0) is 11.6 Å². The summed E-state index contributed by atoms with van der Waals surface area (Å²) in [6, 6.07) is 27.8. The molecule has 0 aromatic heterocycles. The molecule has 0 aliphatic carbocycles. The maximum atomic E-state index is 11.2. The van der Waals surface area contributed by atoms with Gasteiger partial charge < -0.3 is 5.32 Å². The normalized spacial score (nSPS) is 11.8. The molecule has 0 bridgehead atoms. The number of rotatable bonds is 7. The Kier molecular flexibility index (Phi) is 5.54. The van der Waals surface area contributed by atoms with E-state index in [1.807, 2.05) is 48.5 Å². The molecule has 1 atom stereocenters. The lowest BCUT2D eigenvalue weighted by atomic mass is 9.98. The molecule has 126 valence electrons. The minimum absolute atomic E-state index is 0.185. The summed E-state index contributed by atoms with van der Waals surface area (Å²) >= 11 is 0. The van der Waals surface area contributed by atoms with Crippen LogP contribution >= 0.6 is 0 Å². The molecule has 0 radical (unpaired) electrons. The lowest BCUT2D eigenvalue weighted by Crippen LogP contribution is -2.84. The van der Waals surface area contributed by atoms with E-state index >= 15 is 0 Å². The fourth-order valence-electron chi connectivity index (χ4n) is 3.04. The van der Waals surface area contributed by atoms with Crippen molar-refractivity contribution in [1.82, 2.24) is 0 Å². The summed E-state index contributed by atoms with van der Waals surface area (Å²) in [5, 5.41) is 13.4. The Morgan fingerprint density at radius 2 is 1.44 bits per heavy atom. The Morgan fingerprint density at radius 1 is 0.840 bits per heavy atom. The molecule has 2 N–H and O–H groups in total. The molecular formula is C21H21N2O2+. The van der Waals surface area contributed by atoms with Gasteiger partial charge in [-0.25, -0.2) is 0 Å². The van der Waals surface area contributed by atoms with Crippen molar-refractivity contribution in [1.29, 1.82) is 0 Å². The standard InChI is InChI=1S/C21H20N2O2/c24-23(25)21-14-8-7-13-19(21)16-22-20(18-11-5-2-6-12-18)15-17-9-3-1-4-10-17/h1-14,20,22H,15-16H2/p+1/t20-/m0/s1. The van der Waals surface area contributed by atoms with Gasteiger partial charge in [0.15, 0.2) is 0 Å². The Balaban J connectivity index is 1.80. The topological polar surface area (TPSA) is 59.8 Å². The number of hydrogen-bond acceptors (Lipinski definition) is 2. The van der Waals surface area contributed by atoms with Crippen molar-refractivity contribution in [2.45, 2.75) is 19.0 Å². The van der Waals surface area contributed by atoms with E-state index in [0.29, 0.717) is 6.54 Å². The smallest absolute Gasteiger partial charge is 0.278 e. The van der Waals surface area contributed by atoms with Crippen LogP contribution in [0, 0.1) is 10.1 Å². The molecule has 0 saturated carbocycles. The van der Waals surface area contributed by atoms with Crippen LogP contribution < -0.4 is 5.32 Å². The number of nitrogens with zero attached hydrogens (tertiary/aromatic N) is 1. The van der Waals surface area contributed by atoms with Crippen LogP contribution in [0.4, 0.5) is 5.69 Å². The largest absolute Gasteiger partial charge is 0.336 e. The van der Waals surface area contributed by atoms with Gasteiger partial charge in [-0.1, -0.05) is 72.8 Å². The molecule has 0 fully saturated rings. The maximum absolute atomic E-state index is 11.2. The van der Waals surface area contributed by atoms with Gasteiger partial charge in [-0.2, -0.15) is 0 Å². The molecule has 0 aliphatic rings. The number of nitro groups is 1. The summed E-state index contributed by atoms with van der Waals surface area (Å²) < 4.78 is 0. The van der Waals surface area contributed by atoms with E-state index in [4.69, 9.17) is 0 Å². The van der Waals surface area contributed by atoms with Gasteiger partial charge in [0.2, 0.25) is 0 Å². The molecule has 25 heavy (non-hydrogen) atoms. The SMILES string of the molecule is O=[N+]([O-])c1ccccc1C[NH2+][C@@H](Cc1ccccc1)c1ccccc1. The first-order chi connectivity index (χ1) is 12.2. The van der Waals surface area contributed by atoms with Gasteiger partial charge in [0.25, 0.3) is 5.69 Å². The van der Waals surface area contributed by atoms with Crippen LogP contribution in [0.15, 0.2) is 84.9 Å². The van der Waals surface area contributed by atoms with Crippen molar-refractivity contribution in [2.24, 2.45) is 0 Å². The number of para-hydroxylation sites is 1. The molecule has 0 heterocycles. The summed E-state index contributed by atoms with van der Waals surface area (Å²) in [7, 11) is 0. The van der Waals surface area contributed by atoms with E-state index in [1.165, 1.54) is 11.1 Å². The molecule has 3 aromatic carbocycles. The van der Waals surface area contributed by atoms with Crippen LogP contribution in [0.5, 0.6) is 0 Å². The second-order valence-electron chi connectivity index (χ2n) is 6.03. The van der Waals surface area contributed by atoms with Crippen molar-refractivity contribution >= 4 is 5.69 Å². The van der Waals surface area contributed by atoms with Crippen LogP contribution in [0.25, 0.3) is 0 Å². The molecule has 0 aliphatic heterocycles. The van der Waals surface area contributed by atoms with Gasteiger partial charge in [0, 0.05) is 18.1 Å². The Bertz CT molecular complexity index is 820. The third-order valence-electron chi connectivity index (χ3n) is 4.34. The zero-order chi connectivity index (χ0) is 17.5. The minimum atomic E-state index is -0.308. The van der Waals surface area contributed by atoms with E-state index in [2.05, 4.69) is 29.6 Å². The maximum Gasteiger partial charge on any atom is 0.278 e. The molecular weight excluding hydrogens is 312 g/mol. The summed E-state index contributed by atoms with van der Waals surface area (Å²) in [5.74, 6) is 0. The van der Waals surface area contributed by atoms with E-state index in [-0.39, 0.29) is 16.7 Å². The van der Waals surface area contributed by atoms with Gasteiger partial charge in [-0.15, -0.1) is 0 Å². The Labute approximate surface area is 147 Å². The molecule has 3 rings (SSSR count). The quantitative estimate of drug-likeness (QED) is 0.530. The third-order valence-corrected chi connectivity index (χ3v) is 4.34. The highest BCUT2D eigenvalue weighted by molar-refractivity contribution is 5.39. The highest BCUT2D eigenvalue weighted by Crippen LogP contribution is 2.18. The molecule has 0 unspecified atom stereocenters. The lowest BCUT2D eigenvalue weighted by Gasteiger charge is -2.16. The van der Waals surface area contributed by atoms with E-state index in [0.717, 1.165) is 12.0 Å². The first-order valence-corrected chi connectivity index (χ1v) is 8.38. The number of nitrogens with two attached hydrogens (primary N) is 1. The van der Waals surface area contributed by atoms with Crippen LogP contribution in [-0.4, -0.2) is 4.92 Å². The number of hydrogen-bond donors (Lipinski definition) is 1. The molecule has 0 spiro atoms. The van der Waals surface area contributed by atoms with Crippen molar-refractivity contribution in [2.75, 3.05) is 0 Å². The molecule has 0 amide bonds. The van der Waals surface area contributed by atoms with Crippen molar-refractivity contribution in [3.8, 4) is 0 Å². The highest BCUT2D eigenvalue weighted by Gasteiger charge is 2.19.